The van der Waals surface area contributed by atoms with E-state index in [0.717, 1.165) is 45.2 Å². The van der Waals surface area contributed by atoms with Crippen LogP contribution in [-0.4, -0.2) is 64.8 Å². The lowest BCUT2D eigenvalue weighted by Gasteiger charge is -2.37. The summed E-state index contributed by atoms with van der Waals surface area (Å²) in [6.07, 6.45) is 4.20. The molecule has 0 radical (unpaired) electrons. The number of nitrogens with one attached hydrogen (secondary N) is 1. The van der Waals surface area contributed by atoms with Gasteiger partial charge in [-0.2, -0.15) is 0 Å². The summed E-state index contributed by atoms with van der Waals surface area (Å²) in [6.45, 7) is 11.2. The standard InChI is InChI=1S/C19H37N5O2/c1-5-6-9-21-18(26)23-10-7-8-15(12-23)13-24-16(25)19(4,11-14(2)3)22-17(24)20/h14-16,25H,5-13H2,1-4H3,(H2,20,22)(H,21,26). The zero-order valence-electron chi connectivity index (χ0n) is 16.9. The number of piperidine rings is 1. The average molecular weight is 368 g/mol. The summed E-state index contributed by atoms with van der Waals surface area (Å²) in [6, 6.07) is 0.0244. The second-order valence-corrected chi connectivity index (χ2v) is 8.49. The van der Waals surface area contributed by atoms with Crippen molar-refractivity contribution in [1.29, 1.82) is 0 Å². The van der Waals surface area contributed by atoms with Crippen molar-refractivity contribution in [2.45, 2.75) is 71.6 Å². The number of aliphatic hydroxyl groups is 1. The number of urea groups is 1. The Morgan fingerprint density at radius 1 is 1.50 bits per heavy atom. The molecule has 26 heavy (non-hydrogen) atoms. The first-order valence-electron chi connectivity index (χ1n) is 10.1. The van der Waals surface area contributed by atoms with Crippen LogP contribution in [0.25, 0.3) is 0 Å². The molecule has 0 aliphatic carbocycles. The van der Waals surface area contributed by atoms with Gasteiger partial charge in [0.2, 0.25) is 0 Å². The Morgan fingerprint density at radius 3 is 2.88 bits per heavy atom. The molecule has 0 bridgehead atoms. The molecule has 0 spiro atoms. The monoisotopic (exact) mass is 367 g/mol. The third kappa shape index (κ3) is 5.02. The van der Waals surface area contributed by atoms with Crippen LogP contribution in [0, 0.1) is 11.8 Å². The Bertz CT molecular complexity index is 510. The number of aliphatic imine (C=N–C) groups is 1. The van der Waals surface area contributed by atoms with Crippen molar-refractivity contribution < 1.29 is 9.90 Å². The molecule has 3 atom stereocenters. The molecule has 2 aliphatic rings. The zero-order valence-corrected chi connectivity index (χ0v) is 16.9. The molecule has 0 aromatic heterocycles. The Morgan fingerprint density at radius 2 is 2.23 bits per heavy atom. The number of rotatable bonds is 7. The lowest BCUT2D eigenvalue weighted by molar-refractivity contribution is -0.00636. The third-order valence-corrected chi connectivity index (χ3v) is 5.40. The number of carbonyl (C=O) groups excluding carboxylic acids is 1. The fraction of sp³-hybridized carbons (Fsp3) is 0.895. The number of nitrogens with zero attached hydrogens (tertiary/aromatic N) is 3. The van der Waals surface area contributed by atoms with Gasteiger partial charge in [-0.25, -0.2) is 9.79 Å². The predicted octanol–water partition coefficient (Wildman–Crippen LogP) is 1.96. The van der Waals surface area contributed by atoms with Gasteiger partial charge in [-0.1, -0.05) is 27.2 Å². The topological polar surface area (TPSA) is 94.2 Å². The summed E-state index contributed by atoms with van der Waals surface area (Å²) in [5.41, 5.74) is 5.58. The summed E-state index contributed by atoms with van der Waals surface area (Å²) in [4.78, 5) is 20.6. The predicted molar refractivity (Wildman–Crippen MR) is 105 cm³/mol. The summed E-state index contributed by atoms with van der Waals surface area (Å²) >= 11 is 0. The molecule has 0 saturated carbocycles. The molecule has 0 aromatic rings. The van der Waals surface area contributed by atoms with Gasteiger partial charge >= 0.3 is 6.03 Å². The van der Waals surface area contributed by atoms with Crippen LogP contribution in [0.2, 0.25) is 0 Å². The number of likely N-dealkylation sites (tertiary alicyclic amines) is 1. The Kier molecular flexibility index (Phi) is 7.15. The van der Waals surface area contributed by atoms with Gasteiger partial charge in [0, 0.05) is 26.2 Å². The van der Waals surface area contributed by atoms with Crippen LogP contribution in [0.4, 0.5) is 4.79 Å². The summed E-state index contributed by atoms with van der Waals surface area (Å²) < 4.78 is 0. The van der Waals surface area contributed by atoms with Gasteiger partial charge in [0.1, 0.15) is 5.54 Å². The number of unbranched alkanes of at least 4 members (excludes halogenated alkanes) is 1. The second-order valence-electron chi connectivity index (χ2n) is 8.49. The number of carbonyl (C=O) groups is 1. The van der Waals surface area contributed by atoms with Crippen molar-refractivity contribution in [3.63, 3.8) is 0 Å². The largest absolute Gasteiger partial charge is 0.371 e. The van der Waals surface area contributed by atoms with Crippen molar-refractivity contribution in [3.8, 4) is 0 Å². The number of hydrogen-bond donors (Lipinski definition) is 3. The minimum absolute atomic E-state index is 0.0244. The van der Waals surface area contributed by atoms with Crippen molar-refractivity contribution in [2.75, 3.05) is 26.2 Å². The molecular weight excluding hydrogens is 330 g/mol. The molecule has 2 amide bonds. The van der Waals surface area contributed by atoms with E-state index in [2.05, 4.69) is 31.1 Å². The molecule has 7 heteroatoms. The molecule has 4 N–H and O–H groups in total. The van der Waals surface area contributed by atoms with E-state index >= 15 is 0 Å². The second kappa shape index (κ2) is 8.93. The van der Waals surface area contributed by atoms with E-state index in [1.54, 1.807) is 0 Å². The number of hydrogen-bond acceptors (Lipinski definition) is 5. The maximum Gasteiger partial charge on any atom is 0.317 e. The van der Waals surface area contributed by atoms with Crippen LogP contribution in [0.1, 0.15) is 59.8 Å². The lowest BCUT2D eigenvalue weighted by Crippen LogP contribution is -2.52. The zero-order chi connectivity index (χ0) is 19.3. The Balaban J connectivity index is 1.92. The van der Waals surface area contributed by atoms with Gasteiger partial charge in [-0.05, 0) is 44.4 Å². The van der Waals surface area contributed by atoms with Gasteiger partial charge in [-0.3, -0.25) is 0 Å². The number of amides is 2. The minimum Gasteiger partial charge on any atom is -0.371 e. The van der Waals surface area contributed by atoms with Crippen LogP contribution >= 0.6 is 0 Å². The van der Waals surface area contributed by atoms with Gasteiger partial charge in [0.15, 0.2) is 12.2 Å². The van der Waals surface area contributed by atoms with Crippen molar-refractivity contribution >= 4 is 12.0 Å². The van der Waals surface area contributed by atoms with Gasteiger partial charge < -0.3 is 26.0 Å². The van der Waals surface area contributed by atoms with Gasteiger partial charge in [0.05, 0.1) is 0 Å². The van der Waals surface area contributed by atoms with E-state index in [1.165, 1.54) is 0 Å². The number of guanidine groups is 1. The highest BCUT2D eigenvalue weighted by Gasteiger charge is 2.44. The highest BCUT2D eigenvalue weighted by Crippen LogP contribution is 2.33. The smallest absolute Gasteiger partial charge is 0.317 e. The molecule has 0 aromatic carbocycles. The first-order valence-corrected chi connectivity index (χ1v) is 10.1. The maximum absolute atomic E-state index is 12.3. The van der Waals surface area contributed by atoms with Crippen molar-refractivity contribution in [1.82, 2.24) is 15.1 Å². The van der Waals surface area contributed by atoms with Crippen molar-refractivity contribution in [3.05, 3.63) is 0 Å². The SMILES string of the molecule is CCCCNC(=O)N1CCCC(CN2C(N)=NC(C)(CC(C)C)C2O)C1. The Labute approximate surface area is 158 Å². The number of nitrogens with two attached hydrogens (primary N) is 1. The quantitative estimate of drug-likeness (QED) is 0.600. The van der Waals surface area contributed by atoms with Crippen LogP contribution in [0.5, 0.6) is 0 Å². The van der Waals surface area contributed by atoms with E-state index in [4.69, 9.17) is 5.73 Å². The molecular formula is C19H37N5O2. The van der Waals surface area contributed by atoms with Crippen molar-refractivity contribution in [2.24, 2.45) is 22.6 Å². The Hall–Kier alpha value is -1.50. The van der Waals surface area contributed by atoms with Crippen LogP contribution in [0.15, 0.2) is 4.99 Å². The molecule has 1 saturated heterocycles. The molecule has 2 rings (SSSR count). The van der Waals surface area contributed by atoms with Gasteiger partial charge in [-0.15, -0.1) is 0 Å². The minimum atomic E-state index is -0.696. The fourth-order valence-corrected chi connectivity index (χ4v) is 4.18. The first-order chi connectivity index (χ1) is 12.3. The third-order valence-electron chi connectivity index (χ3n) is 5.40. The first kappa shape index (κ1) is 20.8. The van der Waals surface area contributed by atoms with Crippen LogP contribution < -0.4 is 11.1 Å². The normalized spacial score (nSPS) is 29.2. The van der Waals surface area contributed by atoms with Crippen LogP contribution in [0.3, 0.4) is 0 Å². The van der Waals surface area contributed by atoms with E-state index in [0.29, 0.717) is 30.9 Å². The molecule has 7 nitrogen and oxygen atoms in total. The van der Waals surface area contributed by atoms with Gasteiger partial charge in [0.25, 0.3) is 0 Å². The highest BCUT2D eigenvalue weighted by atomic mass is 16.3. The average Bonchev–Trinajstić information content (AvgIpc) is 2.77. The van der Waals surface area contributed by atoms with E-state index in [-0.39, 0.29) is 6.03 Å². The lowest BCUT2D eigenvalue weighted by atomic mass is 9.89. The number of aliphatic hydroxyl groups excluding tert-OH is 1. The van der Waals surface area contributed by atoms with E-state index in [1.807, 2.05) is 16.7 Å². The van der Waals surface area contributed by atoms with E-state index in [9.17, 15) is 9.90 Å². The molecule has 2 aliphatic heterocycles. The summed E-state index contributed by atoms with van der Waals surface area (Å²) in [7, 11) is 0. The summed E-state index contributed by atoms with van der Waals surface area (Å²) in [5, 5.41) is 13.8. The maximum atomic E-state index is 12.3. The molecule has 2 heterocycles. The fourth-order valence-electron chi connectivity index (χ4n) is 4.18. The molecule has 1 fully saturated rings. The van der Waals surface area contributed by atoms with Crippen LogP contribution in [-0.2, 0) is 0 Å². The highest BCUT2D eigenvalue weighted by molar-refractivity contribution is 5.81. The molecule has 150 valence electrons. The summed E-state index contributed by atoms with van der Waals surface area (Å²) in [5.74, 6) is 1.15. The van der Waals surface area contributed by atoms with E-state index < -0.39 is 11.8 Å². The molecule has 3 unspecified atom stereocenters.